The van der Waals surface area contributed by atoms with E-state index in [2.05, 4.69) is 13.8 Å². The predicted octanol–water partition coefficient (Wildman–Crippen LogP) is 1.37. The second-order valence-electron chi connectivity index (χ2n) is 4.31. The number of carbonyl (C=O) groups is 1. The van der Waals surface area contributed by atoms with E-state index in [-0.39, 0.29) is 5.91 Å². The van der Waals surface area contributed by atoms with Crippen LogP contribution in [0.2, 0.25) is 0 Å². The summed E-state index contributed by atoms with van der Waals surface area (Å²) in [7, 11) is 0. The first kappa shape index (κ1) is 11.5. The molecule has 0 aromatic heterocycles. The fraction of sp³-hybridized carbons (Fsp3) is 0.909. The summed E-state index contributed by atoms with van der Waals surface area (Å²) in [6.45, 7) is 6.79. The first-order chi connectivity index (χ1) is 6.67. The van der Waals surface area contributed by atoms with Gasteiger partial charge < -0.3 is 10.6 Å². The van der Waals surface area contributed by atoms with Gasteiger partial charge in [0, 0.05) is 26.1 Å². The minimum Gasteiger partial charge on any atom is -0.342 e. The van der Waals surface area contributed by atoms with Gasteiger partial charge in [0.25, 0.3) is 0 Å². The van der Waals surface area contributed by atoms with Gasteiger partial charge >= 0.3 is 0 Å². The molecule has 0 spiro atoms. The third-order valence-corrected chi connectivity index (χ3v) is 3.65. The summed E-state index contributed by atoms with van der Waals surface area (Å²) in [6, 6.07) is 0. The molecule has 2 N–H and O–H groups in total. The maximum Gasteiger partial charge on any atom is 0.223 e. The molecular formula is C11H22N2O. The van der Waals surface area contributed by atoms with E-state index in [4.69, 9.17) is 5.73 Å². The van der Waals surface area contributed by atoms with Crippen LogP contribution in [0.25, 0.3) is 0 Å². The van der Waals surface area contributed by atoms with Crippen LogP contribution in [-0.4, -0.2) is 30.4 Å². The molecule has 1 aliphatic rings. The number of likely N-dealkylation sites (tertiary alicyclic amines) is 1. The maximum absolute atomic E-state index is 11.6. The first-order valence-corrected chi connectivity index (χ1v) is 5.65. The molecule has 82 valence electrons. The number of nitrogens with two attached hydrogens (primary N) is 1. The fourth-order valence-electron chi connectivity index (χ4n) is 2.26. The molecule has 1 fully saturated rings. The average Bonchev–Trinajstić information content (AvgIpc) is 2.63. The van der Waals surface area contributed by atoms with Crippen molar-refractivity contribution in [2.45, 2.75) is 39.5 Å². The zero-order valence-electron chi connectivity index (χ0n) is 9.38. The van der Waals surface area contributed by atoms with Gasteiger partial charge in [-0.1, -0.05) is 13.8 Å². The van der Waals surface area contributed by atoms with E-state index in [0.29, 0.717) is 18.4 Å². The molecule has 14 heavy (non-hydrogen) atoms. The van der Waals surface area contributed by atoms with Gasteiger partial charge in [0.15, 0.2) is 0 Å². The predicted molar refractivity (Wildman–Crippen MR) is 57.9 cm³/mol. The van der Waals surface area contributed by atoms with Crippen molar-refractivity contribution in [3.8, 4) is 0 Å². The molecule has 3 heteroatoms. The van der Waals surface area contributed by atoms with E-state index in [1.165, 1.54) is 12.8 Å². The Bertz CT molecular complexity index is 199. The van der Waals surface area contributed by atoms with Crippen LogP contribution in [-0.2, 0) is 4.79 Å². The average molecular weight is 198 g/mol. The molecular weight excluding hydrogens is 176 g/mol. The van der Waals surface area contributed by atoms with Crippen molar-refractivity contribution in [1.82, 2.24) is 4.90 Å². The normalized spacial score (nSPS) is 20.1. The van der Waals surface area contributed by atoms with Crippen LogP contribution in [0.5, 0.6) is 0 Å². The standard InChI is InChI=1S/C11H22N2O/c1-3-11(4-2)6-8-13(9-11)10(14)5-7-12/h3-9,12H2,1-2H3. The molecule has 0 bridgehead atoms. The van der Waals surface area contributed by atoms with Crippen molar-refractivity contribution in [1.29, 1.82) is 0 Å². The Kier molecular flexibility index (Phi) is 3.93. The van der Waals surface area contributed by atoms with E-state index in [0.717, 1.165) is 19.5 Å². The molecule has 1 saturated heterocycles. The summed E-state index contributed by atoms with van der Waals surface area (Å²) in [5.41, 5.74) is 5.78. The lowest BCUT2D eigenvalue weighted by atomic mass is 9.82. The molecule has 1 rings (SSSR count). The molecule has 0 saturated carbocycles. The van der Waals surface area contributed by atoms with Gasteiger partial charge in [0.05, 0.1) is 0 Å². The summed E-state index contributed by atoms with van der Waals surface area (Å²) in [6.07, 6.45) is 4.02. The Morgan fingerprint density at radius 2 is 2.07 bits per heavy atom. The second kappa shape index (κ2) is 4.78. The van der Waals surface area contributed by atoms with Gasteiger partial charge in [-0.05, 0) is 24.7 Å². The Morgan fingerprint density at radius 3 is 2.50 bits per heavy atom. The maximum atomic E-state index is 11.6. The lowest BCUT2D eigenvalue weighted by molar-refractivity contribution is -0.130. The Balaban J connectivity index is 2.51. The number of hydrogen-bond acceptors (Lipinski definition) is 2. The molecule has 3 nitrogen and oxygen atoms in total. The Labute approximate surface area is 86.6 Å². The monoisotopic (exact) mass is 198 g/mol. The van der Waals surface area contributed by atoms with Crippen LogP contribution in [0.3, 0.4) is 0 Å². The highest BCUT2D eigenvalue weighted by Crippen LogP contribution is 2.36. The summed E-state index contributed by atoms with van der Waals surface area (Å²) in [4.78, 5) is 13.6. The second-order valence-corrected chi connectivity index (χ2v) is 4.31. The molecule has 0 radical (unpaired) electrons. The number of carbonyl (C=O) groups excluding carboxylic acids is 1. The zero-order valence-corrected chi connectivity index (χ0v) is 9.38. The van der Waals surface area contributed by atoms with Crippen LogP contribution in [0, 0.1) is 5.41 Å². The summed E-state index contributed by atoms with van der Waals surface area (Å²) >= 11 is 0. The van der Waals surface area contributed by atoms with Crippen molar-refractivity contribution < 1.29 is 4.79 Å². The number of hydrogen-bond donors (Lipinski definition) is 1. The van der Waals surface area contributed by atoms with Crippen LogP contribution in [0.1, 0.15) is 39.5 Å². The molecule has 1 amide bonds. The largest absolute Gasteiger partial charge is 0.342 e. The smallest absolute Gasteiger partial charge is 0.223 e. The first-order valence-electron chi connectivity index (χ1n) is 5.65. The van der Waals surface area contributed by atoms with Crippen molar-refractivity contribution in [3.63, 3.8) is 0 Å². The Morgan fingerprint density at radius 1 is 1.43 bits per heavy atom. The quantitative estimate of drug-likeness (QED) is 0.741. The molecule has 0 aromatic carbocycles. The minimum atomic E-state index is 0.233. The summed E-state index contributed by atoms with van der Waals surface area (Å²) < 4.78 is 0. The lowest BCUT2D eigenvalue weighted by Crippen LogP contribution is -2.32. The highest BCUT2D eigenvalue weighted by atomic mass is 16.2. The van der Waals surface area contributed by atoms with E-state index in [1.807, 2.05) is 4.90 Å². The van der Waals surface area contributed by atoms with Crippen LogP contribution in [0.4, 0.5) is 0 Å². The number of rotatable bonds is 4. The van der Waals surface area contributed by atoms with Gasteiger partial charge in [-0.3, -0.25) is 4.79 Å². The fourth-order valence-corrected chi connectivity index (χ4v) is 2.26. The highest BCUT2D eigenvalue weighted by Gasteiger charge is 2.36. The molecule has 0 aromatic rings. The summed E-state index contributed by atoms with van der Waals surface area (Å²) in [5, 5.41) is 0. The van der Waals surface area contributed by atoms with Gasteiger partial charge in [-0.2, -0.15) is 0 Å². The van der Waals surface area contributed by atoms with Crippen LogP contribution >= 0.6 is 0 Å². The van der Waals surface area contributed by atoms with E-state index in [1.54, 1.807) is 0 Å². The minimum absolute atomic E-state index is 0.233. The van der Waals surface area contributed by atoms with Crippen molar-refractivity contribution in [3.05, 3.63) is 0 Å². The number of amides is 1. The van der Waals surface area contributed by atoms with E-state index < -0.39 is 0 Å². The van der Waals surface area contributed by atoms with Crippen LogP contribution < -0.4 is 5.73 Å². The Hall–Kier alpha value is -0.570. The van der Waals surface area contributed by atoms with E-state index in [9.17, 15) is 4.79 Å². The van der Waals surface area contributed by atoms with Crippen LogP contribution in [0.15, 0.2) is 0 Å². The van der Waals surface area contributed by atoms with Crippen molar-refractivity contribution >= 4 is 5.91 Å². The number of nitrogens with zero attached hydrogens (tertiary/aromatic N) is 1. The molecule has 0 atom stereocenters. The third-order valence-electron chi connectivity index (χ3n) is 3.65. The van der Waals surface area contributed by atoms with Gasteiger partial charge in [-0.25, -0.2) is 0 Å². The molecule has 1 aliphatic heterocycles. The summed E-state index contributed by atoms with van der Waals surface area (Å²) in [5.74, 6) is 0.233. The topological polar surface area (TPSA) is 46.3 Å². The molecule has 0 aliphatic carbocycles. The van der Waals surface area contributed by atoms with Gasteiger partial charge in [0.2, 0.25) is 5.91 Å². The van der Waals surface area contributed by atoms with E-state index >= 15 is 0 Å². The highest BCUT2D eigenvalue weighted by molar-refractivity contribution is 5.76. The zero-order chi connectivity index (χ0) is 10.6. The third kappa shape index (κ3) is 2.27. The van der Waals surface area contributed by atoms with Gasteiger partial charge in [0.1, 0.15) is 0 Å². The SMILES string of the molecule is CCC1(CC)CCN(C(=O)CCN)C1. The lowest BCUT2D eigenvalue weighted by Gasteiger charge is -2.26. The van der Waals surface area contributed by atoms with Crippen molar-refractivity contribution in [2.75, 3.05) is 19.6 Å². The molecule has 1 heterocycles. The molecule has 0 unspecified atom stereocenters. The van der Waals surface area contributed by atoms with Crippen molar-refractivity contribution in [2.24, 2.45) is 11.1 Å². The van der Waals surface area contributed by atoms with Gasteiger partial charge in [-0.15, -0.1) is 0 Å².